The number of nitrogens with zero attached hydrogens (tertiary/aromatic N) is 5. The smallest absolute Gasteiger partial charge is 0.274 e. The minimum absolute atomic E-state index is 0.0614. The van der Waals surface area contributed by atoms with Gasteiger partial charge < -0.3 is 10.1 Å². The van der Waals surface area contributed by atoms with Crippen LogP contribution in [0.3, 0.4) is 0 Å². The van der Waals surface area contributed by atoms with Gasteiger partial charge in [0.15, 0.2) is 5.82 Å². The molecule has 0 aliphatic heterocycles. The molecule has 0 aliphatic carbocycles. The molecule has 0 saturated heterocycles. The molecule has 2 rings (SSSR count). The Balaban J connectivity index is 2.07. The van der Waals surface area contributed by atoms with Crippen LogP contribution < -0.4 is 5.32 Å². The van der Waals surface area contributed by atoms with E-state index in [9.17, 15) is 10.1 Å². The van der Waals surface area contributed by atoms with Gasteiger partial charge in [-0.3, -0.25) is 10.1 Å². The van der Waals surface area contributed by atoms with Crippen LogP contribution in [0.1, 0.15) is 11.4 Å². The number of rotatable bonds is 8. The van der Waals surface area contributed by atoms with Gasteiger partial charge in [0.25, 0.3) is 5.69 Å². The maximum atomic E-state index is 11.0. The van der Waals surface area contributed by atoms with E-state index in [4.69, 9.17) is 4.74 Å². The van der Waals surface area contributed by atoms with Crippen molar-refractivity contribution >= 4 is 5.69 Å². The van der Waals surface area contributed by atoms with Gasteiger partial charge in [-0.1, -0.05) is 18.2 Å². The van der Waals surface area contributed by atoms with E-state index in [2.05, 4.69) is 20.8 Å². The first-order valence-electron chi connectivity index (χ1n) is 6.39. The fourth-order valence-electron chi connectivity index (χ4n) is 1.83. The summed E-state index contributed by atoms with van der Waals surface area (Å²) in [5, 5.41) is 25.5. The normalized spacial score (nSPS) is 10.7. The molecule has 0 spiro atoms. The Morgan fingerprint density at radius 2 is 2.24 bits per heavy atom. The fraction of sp³-hybridized carbons (Fsp3) is 0.417. The monoisotopic (exact) mass is 292 g/mol. The maximum Gasteiger partial charge on any atom is 0.274 e. The van der Waals surface area contributed by atoms with E-state index in [1.165, 1.54) is 6.07 Å². The van der Waals surface area contributed by atoms with Crippen molar-refractivity contribution in [2.24, 2.45) is 0 Å². The van der Waals surface area contributed by atoms with Crippen LogP contribution in [0.25, 0.3) is 0 Å². The third-order valence-corrected chi connectivity index (χ3v) is 2.88. The van der Waals surface area contributed by atoms with E-state index in [0.29, 0.717) is 31.1 Å². The van der Waals surface area contributed by atoms with E-state index in [1.807, 2.05) is 0 Å². The van der Waals surface area contributed by atoms with Crippen molar-refractivity contribution in [3.63, 3.8) is 0 Å². The van der Waals surface area contributed by atoms with Crippen LogP contribution in [-0.2, 0) is 17.8 Å². The van der Waals surface area contributed by atoms with Crippen LogP contribution in [0.15, 0.2) is 24.3 Å². The molecular weight excluding hydrogens is 276 g/mol. The first-order chi connectivity index (χ1) is 10.2. The van der Waals surface area contributed by atoms with Crippen LogP contribution in [0.5, 0.6) is 0 Å². The molecule has 0 atom stereocenters. The topological polar surface area (TPSA) is 108 Å². The van der Waals surface area contributed by atoms with Crippen molar-refractivity contribution in [1.82, 2.24) is 25.5 Å². The third kappa shape index (κ3) is 4.04. The number of nitrogens with one attached hydrogen (secondary N) is 1. The summed E-state index contributed by atoms with van der Waals surface area (Å²) >= 11 is 0. The number of hydrogen-bond donors (Lipinski definition) is 1. The summed E-state index contributed by atoms with van der Waals surface area (Å²) in [6, 6.07) is 6.55. The molecule has 0 saturated carbocycles. The second-order valence-corrected chi connectivity index (χ2v) is 4.31. The molecule has 1 N–H and O–H groups in total. The summed E-state index contributed by atoms with van der Waals surface area (Å²) in [4.78, 5) is 10.6. The zero-order chi connectivity index (χ0) is 15.1. The molecule has 0 aliphatic rings. The van der Waals surface area contributed by atoms with Crippen molar-refractivity contribution in [3.05, 3.63) is 45.8 Å². The van der Waals surface area contributed by atoms with Crippen LogP contribution in [0.4, 0.5) is 5.69 Å². The number of aromatic nitrogens is 4. The number of para-hydroxylation sites is 1. The van der Waals surface area contributed by atoms with Gasteiger partial charge in [-0.15, -0.1) is 5.10 Å². The Kier molecular flexibility index (Phi) is 5.29. The van der Waals surface area contributed by atoms with E-state index in [0.717, 1.165) is 0 Å². The number of hydrogen-bond acceptors (Lipinski definition) is 7. The van der Waals surface area contributed by atoms with Gasteiger partial charge in [0.05, 0.1) is 30.2 Å². The number of nitro groups is 1. The Labute approximate surface area is 121 Å². The highest BCUT2D eigenvalue weighted by Crippen LogP contribution is 2.18. The molecule has 1 heterocycles. The SMILES string of the molecule is COCCNCc1nnnn1Cc1ccccc1[N+](=O)[O-]. The minimum Gasteiger partial charge on any atom is -0.383 e. The quantitative estimate of drug-likeness (QED) is 0.425. The molecule has 9 heteroatoms. The molecule has 1 aromatic carbocycles. The summed E-state index contributed by atoms with van der Waals surface area (Å²) < 4.78 is 6.48. The Hall–Kier alpha value is -2.39. The van der Waals surface area contributed by atoms with Gasteiger partial charge in [0, 0.05) is 19.7 Å². The largest absolute Gasteiger partial charge is 0.383 e. The van der Waals surface area contributed by atoms with Gasteiger partial charge in [-0.25, -0.2) is 4.68 Å². The van der Waals surface area contributed by atoms with Crippen LogP contribution in [0, 0.1) is 10.1 Å². The lowest BCUT2D eigenvalue weighted by Crippen LogP contribution is -2.21. The van der Waals surface area contributed by atoms with E-state index < -0.39 is 4.92 Å². The molecule has 0 fully saturated rings. The highest BCUT2D eigenvalue weighted by Gasteiger charge is 2.15. The lowest BCUT2D eigenvalue weighted by atomic mass is 10.2. The molecule has 21 heavy (non-hydrogen) atoms. The van der Waals surface area contributed by atoms with Crippen LogP contribution in [-0.4, -0.2) is 45.4 Å². The molecule has 0 amide bonds. The van der Waals surface area contributed by atoms with Gasteiger partial charge in [0.1, 0.15) is 0 Å². The average molecular weight is 292 g/mol. The van der Waals surface area contributed by atoms with Gasteiger partial charge in [-0.2, -0.15) is 0 Å². The summed E-state index contributed by atoms with van der Waals surface area (Å²) in [7, 11) is 1.63. The zero-order valence-corrected chi connectivity index (χ0v) is 11.6. The molecule has 0 unspecified atom stereocenters. The molecule has 112 valence electrons. The standard InChI is InChI=1S/C12H16N6O3/c1-21-7-6-13-8-12-14-15-16-17(12)9-10-4-2-3-5-11(10)18(19)20/h2-5,13H,6-9H2,1H3. The van der Waals surface area contributed by atoms with Crippen LogP contribution >= 0.6 is 0 Å². The lowest BCUT2D eigenvalue weighted by Gasteiger charge is -2.06. The van der Waals surface area contributed by atoms with Gasteiger partial charge in [0.2, 0.25) is 0 Å². The minimum atomic E-state index is -0.407. The number of methoxy groups -OCH3 is 1. The highest BCUT2D eigenvalue weighted by molar-refractivity contribution is 5.39. The first kappa shape index (κ1) is 15.0. The number of benzene rings is 1. The predicted molar refractivity (Wildman–Crippen MR) is 73.6 cm³/mol. The average Bonchev–Trinajstić information content (AvgIpc) is 2.91. The second kappa shape index (κ2) is 7.41. The van der Waals surface area contributed by atoms with E-state index in [1.54, 1.807) is 30.0 Å². The summed E-state index contributed by atoms with van der Waals surface area (Å²) in [6.45, 7) is 1.99. The van der Waals surface area contributed by atoms with Crippen molar-refractivity contribution in [1.29, 1.82) is 0 Å². The molecular formula is C12H16N6O3. The summed E-state index contributed by atoms with van der Waals surface area (Å²) in [5.74, 6) is 0.615. The van der Waals surface area contributed by atoms with Gasteiger partial charge >= 0.3 is 0 Å². The van der Waals surface area contributed by atoms with Crippen molar-refractivity contribution in [2.75, 3.05) is 20.3 Å². The van der Waals surface area contributed by atoms with Crippen LogP contribution in [0.2, 0.25) is 0 Å². The lowest BCUT2D eigenvalue weighted by molar-refractivity contribution is -0.385. The van der Waals surface area contributed by atoms with Gasteiger partial charge in [-0.05, 0) is 10.4 Å². The molecule has 0 bridgehead atoms. The molecule has 0 radical (unpaired) electrons. The summed E-state index contributed by atoms with van der Waals surface area (Å²) in [6.07, 6.45) is 0. The Morgan fingerprint density at radius 1 is 1.43 bits per heavy atom. The number of tetrazole rings is 1. The highest BCUT2D eigenvalue weighted by atomic mass is 16.6. The van der Waals surface area contributed by atoms with Crippen molar-refractivity contribution in [2.45, 2.75) is 13.1 Å². The first-order valence-corrected chi connectivity index (χ1v) is 6.39. The molecule has 1 aromatic heterocycles. The van der Waals surface area contributed by atoms with E-state index in [-0.39, 0.29) is 12.2 Å². The number of ether oxygens (including phenoxy) is 1. The molecule has 2 aromatic rings. The number of nitro benzene ring substituents is 1. The summed E-state index contributed by atoms with van der Waals surface area (Å²) in [5.41, 5.74) is 0.624. The molecule has 9 nitrogen and oxygen atoms in total. The van der Waals surface area contributed by atoms with E-state index >= 15 is 0 Å². The zero-order valence-electron chi connectivity index (χ0n) is 11.6. The predicted octanol–water partition coefficient (Wildman–Crippen LogP) is 0.366. The van der Waals surface area contributed by atoms with Crippen molar-refractivity contribution in [3.8, 4) is 0 Å². The second-order valence-electron chi connectivity index (χ2n) is 4.31. The Bertz CT molecular complexity index is 600. The van der Waals surface area contributed by atoms with Crippen molar-refractivity contribution < 1.29 is 9.66 Å². The third-order valence-electron chi connectivity index (χ3n) is 2.88. The fourth-order valence-corrected chi connectivity index (χ4v) is 1.83. The maximum absolute atomic E-state index is 11.0. The Morgan fingerprint density at radius 3 is 3.00 bits per heavy atom.